The van der Waals surface area contributed by atoms with Gasteiger partial charge in [0, 0.05) is 51.7 Å². The van der Waals surface area contributed by atoms with Crippen molar-refractivity contribution in [2.75, 3.05) is 45.9 Å². The van der Waals surface area contributed by atoms with Crippen LogP contribution in [0.25, 0.3) is 0 Å². The van der Waals surface area contributed by atoms with Gasteiger partial charge in [0.25, 0.3) is 0 Å². The Hall–Kier alpha value is -2.42. The smallest absolute Gasteiger partial charge is 0.243 e. The van der Waals surface area contributed by atoms with Crippen LogP contribution in [0.15, 0.2) is 59.5 Å². The number of piperazine rings is 1. The molecule has 2 heterocycles. The molecule has 178 valence electrons. The van der Waals surface area contributed by atoms with Gasteiger partial charge in [-0.3, -0.25) is 9.69 Å². The van der Waals surface area contributed by atoms with Gasteiger partial charge < -0.3 is 9.64 Å². The number of hydrogen-bond donors (Lipinski definition) is 0. The molecule has 0 unspecified atom stereocenters. The Bertz CT molecular complexity index is 1010. The second-order valence-corrected chi connectivity index (χ2v) is 10.6. The van der Waals surface area contributed by atoms with E-state index in [0.29, 0.717) is 38.3 Å². The highest BCUT2D eigenvalue weighted by Crippen LogP contribution is 2.26. The molecule has 2 aromatic rings. The van der Waals surface area contributed by atoms with Crippen molar-refractivity contribution < 1.29 is 17.9 Å². The van der Waals surface area contributed by atoms with Crippen LogP contribution >= 0.6 is 0 Å². The Morgan fingerprint density at radius 2 is 1.55 bits per heavy atom. The zero-order valence-electron chi connectivity index (χ0n) is 19.2. The van der Waals surface area contributed by atoms with Crippen LogP contribution in [0.1, 0.15) is 25.3 Å². The number of hydrogen-bond acceptors (Lipinski definition) is 5. The lowest BCUT2D eigenvalue weighted by molar-refractivity contribution is -0.138. The van der Waals surface area contributed by atoms with E-state index < -0.39 is 10.0 Å². The lowest BCUT2D eigenvalue weighted by Crippen LogP contribution is -2.51. The molecule has 0 bridgehead atoms. The number of piperidine rings is 1. The molecule has 2 saturated heterocycles. The van der Waals surface area contributed by atoms with Crippen molar-refractivity contribution in [3.8, 4) is 5.75 Å². The summed E-state index contributed by atoms with van der Waals surface area (Å²) in [4.78, 5) is 17.7. The van der Waals surface area contributed by atoms with Crippen molar-refractivity contribution in [1.29, 1.82) is 0 Å². The maximum absolute atomic E-state index is 13.1. The molecule has 0 aliphatic carbocycles. The van der Waals surface area contributed by atoms with Crippen LogP contribution in [0.2, 0.25) is 0 Å². The van der Waals surface area contributed by atoms with E-state index in [0.717, 1.165) is 32.7 Å². The first kappa shape index (κ1) is 23.7. The van der Waals surface area contributed by atoms with Crippen molar-refractivity contribution in [3.05, 3.63) is 60.2 Å². The van der Waals surface area contributed by atoms with Crippen molar-refractivity contribution >= 4 is 15.9 Å². The van der Waals surface area contributed by atoms with Gasteiger partial charge in [-0.25, -0.2) is 8.42 Å². The van der Waals surface area contributed by atoms with Gasteiger partial charge in [0.05, 0.1) is 11.5 Å². The second kappa shape index (κ2) is 10.7. The highest BCUT2D eigenvalue weighted by atomic mass is 32.2. The number of carbonyl (C=O) groups is 1. The van der Waals surface area contributed by atoms with Crippen LogP contribution in [0.5, 0.6) is 5.75 Å². The van der Waals surface area contributed by atoms with Gasteiger partial charge in [0.1, 0.15) is 5.75 Å². The van der Waals surface area contributed by atoms with E-state index in [9.17, 15) is 13.2 Å². The maximum Gasteiger partial charge on any atom is 0.243 e. The Morgan fingerprint density at radius 1 is 0.909 bits per heavy atom. The van der Waals surface area contributed by atoms with E-state index in [1.807, 2.05) is 17.9 Å². The molecule has 0 saturated carbocycles. The topological polar surface area (TPSA) is 70.2 Å². The molecular weight excluding hydrogens is 438 g/mol. The molecule has 0 radical (unpaired) electrons. The first-order valence-corrected chi connectivity index (χ1v) is 13.2. The third-order valence-electron chi connectivity index (χ3n) is 6.51. The Labute approximate surface area is 197 Å². The SMILES string of the molecule is CCOc1ccc(S(=O)(=O)N2CCC(C(=O)N3CCN(Cc4ccccc4)CC3)CC2)cc1. The number of nitrogens with zero attached hydrogens (tertiary/aromatic N) is 3. The minimum absolute atomic E-state index is 0.0996. The number of amides is 1. The summed E-state index contributed by atoms with van der Waals surface area (Å²) in [5.41, 5.74) is 1.29. The van der Waals surface area contributed by atoms with E-state index in [2.05, 4.69) is 29.2 Å². The second-order valence-electron chi connectivity index (χ2n) is 8.67. The third-order valence-corrected chi connectivity index (χ3v) is 8.42. The lowest BCUT2D eigenvalue weighted by Gasteiger charge is -2.38. The molecule has 33 heavy (non-hydrogen) atoms. The molecule has 2 fully saturated rings. The Kier molecular flexibility index (Phi) is 7.67. The van der Waals surface area contributed by atoms with Gasteiger partial charge in [-0.2, -0.15) is 4.31 Å². The average molecular weight is 472 g/mol. The van der Waals surface area contributed by atoms with Gasteiger partial charge in [-0.05, 0) is 49.6 Å². The van der Waals surface area contributed by atoms with Gasteiger partial charge in [0.2, 0.25) is 15.9 Å². The molecule has 8 heteroatoms. The fourth-order valence-electron chi connectivity index (χ4n) is 4.59. The largest absolute Gasteiger partial charge is 0.494 e. The van der Waals surface area contributed by atoms with Gasteiger partial charge in [0.15, 0.2) is 0 Å². The lowest BCUT2D eigenvalue weighted by atomic mass is 9.96. The number of ether oxygens (including phenoxy) is 1. The van der Waals surface area contributed by atoms with E-state index in [4.69, 9.17) is 4.74 Å². The summed E-state index contributed by atoms with van der Waals surface area (Å²) in [6, 6.07) is 16.9. The van der Waals surface area contributed by atoms with Crippen LogP contribution in [0, 0.1) is 5.92 Å². The minimum Gasteiger partial charge on any atom is -0.494 e. The Balaban J connectivity index is 1.26. The molecular formula is C25H33N3O4S. The number of benzene rings is 2. The summed E-state index contributed by atoms with van der Waals surface area (Å²) in [7, 11) is -3.56. The fourth-order valence-corrected chi connectivity index (χ4v) is 6.06. The van der Waals surface area contributed by atoms with Crippen LogP contribution in [0.4, 0.5) is 0 Å². The number of rotatable bonds is 7. The highest BCUT2D eigenvalue weighted by molar-refractivity contribution is 7.89. The van der Waals surface area contributed by atoms with Crippen LogP contribution in [-0.4, -0.2) is 74.3 Å². The molecule has 4 rings (SSSR count). The summed E-state index contributed by atoms with van der Waals surface area (Å²) in [6.07, 6.45) is 1.14. The molecule has 2 aromatic carbocycles. The molecule has 2 aliphatic heterocycles. The monoisotopic (exact) mass is 471 g/mol. The quantitative estimate of drug-likeness (QED) is 0.621. The first-order chi connectivity index (χ1) is 16.0. The first-order valence-electron chi connectivity index (χ1n) is 11.8. The molecule has 1 amide bonds. The predicted octanol–water partition coefficient (Wildman–Crippen LogP) is 2.83. The van der Waals surface area contributed by atoms with Crippen molar-refractivity contribution in [3.63, 3.8) is 0 Å². The van der Waals surface area contributed by atoms with E-state index in [1.165, 1.54) is 9.87 Å². The molecule has 0 N–H and O–H groups in total. The average Bonchev–Trinajstić information content (AvgIpc) is 2.85. The van der Waals surface area contributed by atoms with E-state index >= 15 is 0 Å². The zero-order chi connectivity index (χ0) is 23.3. The predicted molar refractivity (Wildman–Crippen MR) is 127 cm³/mol. The van der Waals surface area contributed by atoms with Crippen molar-refractivity contribution in [2.45, 2.75) is 31.2 Å². The standard InChI is InChI=1S/C25H33N3O4S/c1-2-32-23-8-10-24(11-9-23)33(30,31)28-14-12-22(13-15-28)25(29)27-18-16-26(17-19-27)20-21-6-4-3-5-7-21/h3-11,22H,2,12-20H2,1H3. The normalized spacial score (nSPS) is 18.9. The number of carbonyl (C=O) groups excluding carboxylic acids is 1. The van der Waals surface area contributed by atoms with Crippen LogP contribution in [-0.2, 0) is 21.4 Å². The molecule has 2 aliphatic rings. The summed E-state index contributed by atoms with van der Waals surface area (Å²) in [5, 5.41) is 0. The van der Waals surface area contributed by atoms with Crippen LogP contribution < -0.4 is 4.74 Å². The summed E-state index contributed by atoms with van der Waals surface area (Å²) >= 11 is 0. The third kappa shape index (κ3) is 5.75. The van der Waals surface area contributed by atoms with E-state index in [1.54, 1.807) is 24.3 Å². The van der Waals surface area contributed by atoms with Crippen molar-refractivity contribution in [2.24, 2.45) is 5.92 Å². The summed E-state index contributed by atoms with van der Waals surface area (Å²) in [5.74, 6) is 0.731. The molecule has 0 aromatic heterocycles. The Morgan fingerprint density at radius 3 is 2.15 bits per heavy atom. The molecule has 0 spiro atoms. The summed E-state index contributed by atoms with van der Waals surface area (Å²) < 4.78 is 32.9. The van der Waals surface area contributed by atoms with Gasteiger partial charge >= 0.3 is 0 Å². The summed E-state index contributed by atoms with van der Waals surface area (Å²) in [6.45, 7) is 7.28. The van der Waals surface area contributed by atoms with Crippen molar-refractivity contribution in [1.82, 2.24) is 14.1 Å². The highest BCUT2D eigenvalue weighted by Gasteiger charge is 2.34. The maximum atomic E-state index is 13.1. The minimum atomic E-state index is -3.56. The van der Waals surface area contributed by atoms with Gasteiger partial charge in [-0.15, -0.1) is 0 Å². The zero-order valence-corrected chi connectivity index (χ0v) is 20.0. The number of sulfonamides is 1. The van der Waals surface area contributed by atoms with E-state index in [-0.39, 0.29) is 16.7 Å². The van der Waals surface area contributed by atoms with Crippen LogP contribution in [0.3, 0.4) is 0 Å². The van der Waals surface area contributed by atoms with Gasteiger partial charge in [-0.1, -0.05) is 30.3 Å². The fraction of sp³-hybridized carbons (Fsp3) is 0.480. The molecule has 0 atom stereocenters. The molecule has 7 nitrogen and oxygen atoms in total.